The molecule has 2 N–H and O–H groups in total. The minimum absolute atomic E-state index is 0.165. The van der Waals surface area contributed by atoms with Crippen molar-refractivity contribution in [1.82, 2.24) is 15.0 Å². The molecular formula is C19H15FN4O2S. The van der Waals surface area contributed by atoms with Crippen LogP contribution in [0.4, 0.5) is 10.1 Å². The van der Waals surface area contributed by atoms with E-state index in [4.69, 9.17) is 4.74 Å². The Bertz CT molecular complexity index is 1150. The standard InChI is InChI=1S/C19H15FN4O2S/c1-26-13-4-2-3-12(8-13)23-16(25)9-27-19-18-17(21-10-22-19)14-7-11(20)5-6-15(14)24-18/h2-8,10,24H,9H2,1H3,(H,23,25). The van der Waals surface area contributed by atoms with Crippen LogP contribution in [0.1, 0.15) is 0 Å². The van der Waals surface area contributed by atoms with E-state index in [9.17, 15) is 9.18 Å². The average Bonchev–Trinajstić information content (AvgIpc) is 3.05. The van der Waals surface area contributed by atoms with Gasteiger partial charge in [-0.1, -0.05) is 17.8 Å². The summed E-state index contributed by atoms with van der Waals surface area (Å²) >= 11 is 1.29. The summed E-state index contributed by atoms with van der Waals surface area (Å²) in [5.41, 5.74) is 2.76. The summed E-state index contributed by atoms with van der Waals surface area (Å²) in [5.74, 6) is 0.354. The highest BCUT2D eigenvalue weighted by Gasteiger charge is 2.13. The molecule has 0 radical (unpaired) electrons. The molecule has 8 heteroatoms. The maximum atomic E-state index is 13.5. The Kier molecular flexibility index (Phi) is 4.64. The number of aromatic amines is 1. The molecule has 4 aromatic rings. The van der Waals surface area contributed by atoms with Crippen LogP contribution in [0.2, 0.25) is 0 Å². The maximum Gasteiger partial charge on any atom is 0.234 e. The molecule has 0 aliphatic heterocycles. The molecule has 6 nitrogen and oxygen atoms in total. The van der Waals surface area contributed by atoms with E-state index in [-0.39, 0.29) is 17.5 Å². The van der Waals surface area contributed by atoms with Crippen LogP contribution in [0, 0.1) is 5.82 Å². The van der Waals surface area contributed by atoms with Gasteiger partial charge in [0.1, 0.15) is 28.4 Å². The Labute approximate surface area is 158 Å². The summed E-state index contributed by atoms with van der Waals surface area (Å²) in [6.07, 6.45) is 1.42. The number of halogens is 1. The number of aromatic nitrogens is 3. The second-order valence-corrected chi connectivity index (χ2v) is 6.75. The van der Waals surface area contributed by atoms with Gasteiger partial charge in [-0.05, 0) is 30.3 Å². The molecule has 2 aromatic carbocycles. The third-order valence-corrected chi connectivity index (χ3v) is 4.99. The van der Waals surface area contributed by atoms with Crippen LogP contribution in [-0.2, 0) is 4.79 Å². The van der Waals surface area contributed by atoms with E-state index in [1.54, 1.807) is 37.4 Å². The first-order valence-corrected chi connectivity index (χ1v) is 9.11. The zero-order valence-corrected chi connectivity index (χ0v) is 15.1. The molecule has 0 atom stereocenters. The first-order valence-electron chi connectivity index (χ1n) is 8.12. The van der Waals surface area contributed by atoms with E-state index in [2.05, 4.69) is 20.3 Å². The van der Waals surface area contributed by atoms with Crippen LogP contribution >= 0.6 is 11.8 Å². The number of ether oxygens (including phenoxy) is 1. The molecule has 2 aromatic heterocycles. The fourth-order valence-corrected chi connectivity index (χ4v) is 3.54. The van der Waals surface area contributed by atoms with E-state index in [1.165, 1.54) is 30.2 Å². The van der Waals surface area contributed by atoms with Gasteiger partial charge in [-0.25, -0.2) is 14.4 Å². The van der Waals surface area contributed by atoms with E-state index >= 15 is 0 Å². The SMILES string of the molecule is COc1cccc(NC(=O)CSc2ncnc3c2[nH]c2ccc(F)cc23)c1. The van der Waals surface area contributed by atoms with Crippen LogP contribution in [0.3, 0.4) is 0 Å². The Hall–Kier alpha value is -3.13. The molecule has 0 fully saturated rings. The van der Waals surface area contributed by atoms with Gasteiger partial charge >= 0.3 is 0 Å². The number of nitrogens with zero attached hydrogens (tertiary/aromatic N) is 2. The summed E-state index contributed by atoms with van der Waals surface area (Å²) in [5, 5.41) is 4.15. The fourth-order valence-electron chi connectivity index (χ4n) is 2.78. The summed E-state index contributed by atoms with van der Waals surface area (Å²) in [4.78, 5) is 24.0. The first-order chi connectivity index (χ1) is 13.1. The van der Waals surface area contributed by atoms with Crippen molar-refractivity contribution in [1.29, 1.82) is 0 Å². The van der Waals surface area contributed by atoms with Crippen molar-refractivity contribution in [3.8, 4) is 5.75 Å². The number of carbonyl (C=O) groups is 1. The van der Waals surface area contributed by atoms with E-state index in [1.807, 2.05) is 0 Å². The third kappa shape index (κ3) is 3.56. The second-order valence-electron chi connectivity index (χ2n) is 5.79. The summed E-state index contributed by atoms with van der Waals surface area (Å²) in [7, 11) is 1.57. The molecular weight excluding hydrogens is 367 g/mol. The number of H-pyrrole nitrogens is 1. The zero-order valence-electron chi connectivity index (χ0n) is 14.3. The monoisotopic (exact) mass is 382 g/mol. The molecule has 0 saturated heterocycles. The Balaban J connectivity index is 1.53. The molecule has 136 valence electrons. The maximum absolute atomic E-state index is 13.5. The molecule has 0 bridgehead atoms. The molecule has 0 aliphatic carbocycles. The highest BCUT2D eigenvalue weighted by atomic mass is 32.2. The number of anilines is 1. The Morgan fingerprint density at radius 1 is 1.26 bits per heavy atom. The smallest absolute Gasteiger partial charge is 0.234 e. The minimum atomic E-state index is -0.325. The number of thioether (sulfide) groups is 1. The lowest BCUT2D eigenvalue weighted by Gasteiger charge is -2.07. The molecule has 0 aliphatic rings. The van der Waals surface area contributed by atoms with Gasteiger partial charge in [-0.15, -0.1) is 0 Å². The lowest BCUT2D eigenvalue weighted by Crippen LogP contribution is -2.14. The predicted molar refractivity (Wildman–Crippen MR) is 104 cm³/mol. The van der Waals surface area contributed by atoms with Gasteiger partial charge in [-0.2, -0.15) is 0 Å². The number of hydrogen-bond donors (Lipinski definition) is 2. The van der Waals surface area contributed by atoms with Crippen molar-refractivity contribution in [3.05, 3.63) is 54.6 Å². The van der Waals surface area contributed by atoms with Crippen molar-refractivity contribution < 1.29 is 13.9 Å². The number of fused-ring (bicyclic) bond motifs is 3. The van der Waals surface area contributed by atoms with Gasteiger partial charge < -0.3 is 15.0 Å². The van der Waals surface area contributed by atoms with E-state index in [0.29, 0.717) is 32.9 Å². The minimum Gasteiger partial charge on any atom is -0.497 e. The van der Waals surface area contributed by atoms with Crippen molar-refractivity contribution in [2.75, 3.05) is 18.2 Å². The van der Waals surface area contributed by atoms with Crippen LogP contribution in [0.5, 0.6) is 5.75 Å². The quantitative estimate of drug-likeness (QED) is 0.403. The van der Waals surface area contributed by atoms with Gasteiger partial charge in [0, 0.05) is 22.7 Å². The summed E-state index contributed by atoms with van der Waals surface area (Å²) < 4.78 is 18.7. The van der Waals surface area contributed by atoms with E-state index < -0.39 is 0 Å². The fraction of sp³-hybridized carbons (Fsp3) is 0.105. The van der Waals surface area contributed by atoms with Gasteiger partial charge in [0.25, 0.3) is 0 Å². The number of rotatable bonds is 5. The molecule has 27 heavy (non-hydrogen) atoms. The number of benzene rings is 2. The van der Waals surface area contributed by atoms with Crippen molar-refractivity contribution in [3.63, 3.8) is 0 Å². The van der Waals surface area contributed by atoms with Gasteiger partial charge in [-0.3, -0.25) is 4.79 Å². The van der Waals surface area contributed by atoms with Crippen LogP contribution in [0.25, 0.3) is 21.9 Å². The number of amides is 1. The van der Waals surface area contributed by atoms with Crippen LogP contribution in [-0.4, -0.2) is 33.7 Å². The summed E-state index contributed by atoms with van der Waals surface area (Å²) in [6, 6.07) is 11.6. The van der Waals surface area contributed by atoms with Crippen molar-refractivity contribution in [2.45, 2.75) is 5.03 Å². The Morgan fingerprint density at radius 3 is 3.00 bits per heavy atom. The van der Waals surface area contributed by atoms with Crippen LogP contribution in [0.15, 0.2) is 53.8 Å². The average molecular weight is 382 g/mol. The lowest BCUT2D eigenvalue weighted by atomic mass is 10.2. The predicted octanol–water partition coefficient (Wildman–Crippen LogP) is 3.99. The molecule has 1 amide bonds. The lowest BCUT2D eigenvalue weighted by molar-refractivity contribution is -0.113. The largest absolute Gasteiger partial charge is 0.497 e. The van der Waals surface area contributed by atoms with Gasteiger partial charge in [0.2, 0.25) is 5.91 Å². The summed E-state index contributed by atoms with van der Waals surface area (Å²) in [6.45, 7) is 0. The zero-order chi connectivity index (χ0) is 18.8. The highest BCUT2D eigenvalue weighted by Crippen LogP contribution is 2.30. The number of hydrogen-bond acceptors (Lipinski definition) is 5. The molecule has 0 unspecified atom stereocenters. The third-order valence-electron chi connectivity index (χ3n) is 4.00. The van der Waals surface area contributed by atoms with E-state index in [0.717, 1.165) is 5.52 Å². The number of nitrogens with one attached hydrogen (secondary N) is 2. The highest BCUT2D eigenvalue weighted by molar-refractivity contribution is 8.00. The van der Waals surface area contributed by atoms with Crippen molar-refractivity contribution in [2.24, 2.45) is 0 Å². The Morgan fingerprint density at radius 2 is 2.15 bits per heavy atom. The number of methoxy groups -OCH3 is 1. The van der Waals surface area contributed by atoms with Gasteiger partial charge in [0.15, 0.2) is 0 Å². The molecule has 2 heterocycles. The normalized spacial score (nSPS) is 11.0. The number of carbonyl (C=O) groups excluding carboxylic acids is 1. The molecule has 0 saturated carbocycles. The molecule has 0 spiro atoms. The topological polar surface area (TPSA) is 79.9 Å². The second kappa shape index (κ2) is 7.24. The molecule has 4 rings (SSSR count). The van der Waals surface area contributed by atoms with Gasteiger partial charge in [0.05, 0.1) is 18.4 Å². The first kappa shape index (κ1) is 17.3. The van der Waals surface area contributed by atoms with Crippen molar-refractivity contribution >= 4 is 45.3 Å². The van der Waals surface area contributed by atoms with Crippen LogP contribution < -0.4 is 10.1 Å².